The average Bonchev–Trinajstić information content (AvgIpc) is 2.87. The maximum Gasteiger partial charge on any atom is 0.260 e. The summed E-state index contributed by atoms with van der Waals surface area (Å²) in [4.78, 5) is 14.4. The van der Waals surface area contributed by atoms with Crippen molar-refractivity contribution in [1.29, 1.82) is 0 Å². The SMILES string of the molecule is Cc1ccccc1OCC(=O)N1CCSC(c2ccccc2Cl)CC1. The van der Waals surface area contributed by atoms with Crippen molar-refractivity contribution in [2.75, 3.05) is 25.4 Å². The first-order valence-corrected chi connectivity index (χ1v) is 9.90. The van der Waals surface area contributed by atoms with E-state index in [4.69, 9.17) is 16.3 Å². The van der Waals surface area contributed by atoms with Gasteiger partial charge in [-0.25, -0.2) is 0 Å². The molecule has 25 heavy (non-hydrogen) atoms. The molecular formula is C20H22ClNO2S. The van der Waals surface area contributed by atoms with Gasteiger partial charge in [0.15, 0.2) is 6.61 Å². The third kappa shape index (κ3) is 4.71. The van der Waals surface area contributed by atoms with E-state index >= 15 is 0 Å². The fraction of sp³-hybridized carbons (Fsp3) is 0.350. The molecule has 2 aromatic rings. The van der Waals surface area contributed by atoms with Crippen LogP contribution in [0.25, 0.3) is 0 Å². The van der Waals surface area contributed by atoms with E-state index in [0.29, 0.717) is 5.25 Å². The molecule has 0 aliphatic carbocycles. The van der Waals surface area contributed by atoms with Crippen molar-refractivity contribution in [3.8, 4) is 5.75 Å². The zero-order chi connectivity index (χ0) is 17.6. The largest absolute Gasteiger partial charge is 0.484 e. The summed E-state index contributed by atoms with van der Waals surface area (Å²) in [6.45, 7) is 3.56. The van der Waals surface area contributed by atoms with Crippen LogP contribution in [-0.4, -0.2) is 36.3 Å². The number of para-hydroxylation sites is 1. The summed E-state index contributed by atoms with van der Waals surface area (Å²) in [6.07, 6.45) is 0.907. The van der Waals surface area contributed by atoms with Gasteiger partial charge in [0.2, 0.25) is 0 Å². The Labute approximate surface area is 158 Å². The first-order valence-electron chi connectivity index (χ1n) is 8.47. The lowest BCUT2D eigenvalue weighted by Crippen LogP contribution is -2.36. The van der Waals surface area contributed by atoms with Gasteiger partial charge in [0.05, 0.1) is 0 Å². The highest BCUT2D eigenvalue weighted by molar-refractivity contribution is 7.99. The molecule has 1 heterocycles. The van der Waals surface area contributed by atoms with Gasteiger partial charge in [-0.2, -0.15) is 11.8 Å². The van der Waals surface area contributed by atoms with Crippen LogP contribution < -0.4 is 4.74 Å². The van der Waals surface area contributed by atoms with E-state index in [1.165, 1.54) is 5.56 Å². The maximum atomic E-state index is 12.5. The fourth-order valence-corrected chi connectivity index (χ4v) is 4.55. The van der Waals surface area contributed by atoms with Gasteiger partial charge in [-0.1, -0.05) is 48.0 Å². The number of rotatable bonds is 4. The molecule has 132 valence electrons. The second-order valence-corrected chi connectivity index (χ2v) is 7.82. The van der Waals surface area contributed by atoms with Crippen LogP contribution in [0.15, 0.2) is 48.5 Å². The van der Waals surface area contributed by atoms with Gasteiger partial charge in [0.1, 0.15) is 5.75 Å². The molecule has 0 bridgehead atoms. The molecule has 0 N–H and O–H groups in total. The molecule has 1 atom stereocenters. The summed E-state index contributed by atoms with van der Waals surface area (Å²) >= 11 is 8.20. The maximum absolute atomic E-state index is 12.5. The summed E-state index contributed by atoms with van der Waals surface area (Å²) in [5, 5.41) is 1.14. The van der Waals surface area contributed by atoms with Crippen molar-refractivity contribution in [2.45, 2.75) is 18.6 Å². The Morgan fingerprint density at radius 3 is 2.76 bits per heavy atom. The van der Waals surface area contributed by atoms with Gasteiger partial charge >= 0.3 is 0 Å². The molecule has 5 heteroatoms. The first-order chi connectivity index (χ1) is 12.1. The first kappa shape index (κ1) is 18.2. The van der Waals surface area contributed by atoms with E-state index in [9.17, 15) is 4.79 Å². The number of thioether (sulfide) groups is 1. The van der Waals surface area contributed by atoms with Crippen LogP contribution in [0.3, 0.4) is 0 Å². The molecule has 0 radical (unpaired) electrons. The smallest absolute Gasteiger partial charge is 0.260 e. The van der Waals surface area contributed by atoms with Crippen molar-refractivity contribution in [3.63, 3.8) is 0 Å². The Hall–Kier alpha value is -1.65. The molecule has 1 fully saturated rings. The fourth-order valence-electron chi connectivity index (χ4n) is 2.95. The van der Waals surface area contributed by atoms with Crippen LogP contribution in [0, 0.1) is 6.92 Å². The van der Waals surface area contributed by atoms with Crippen LogP contribution in [-0.2, 0) is 4.79 Å². The van der Waals surface area contributed by atoms with Crippen molar-refractivity contribution in [2.24, 2.45) is 0 Å². The number of amides is 1. The van der Waals surface area contributed by atoms with Gasteiger partial charge in [-0.3, -0.25) is 4.79 Å². The summed E-state index contributed by atoms with van der Waals surface area (Å²) in [5.41, 5.74) is 2.21. The highest BCUT2D eigenvalue weighted by Crippen LogP contribution is 2.37. The van der Waals surface area contributed by atoms with Gasteiger partial charge in [0, 0.05) is 29.1 Å². The van der Waals surface area contributed by atoms with Crippen molar-refractivity contribution in [3.05, 3.63) is 64.7 Å². The molecule has 1 aliphatic rings. The zero-order valence-electron chi connectivity index (χ0n) is 14.3. The third-order valence-electron chi connectivity index (χ3n) is 4.39. The second-order valence-electron chi connectivity index (χ2n) is 6.10. The Balaban J connectivity index is 1.56. The number of nitrogens with zero attached hydrogens (tertiary/aromatic N) is 1. The molecule has 1 amide bonds. The molecule has 0 aromatic heterocycles. The molecule has 3 rings (SSSR count). The van der Waals surface area contributed by atoms with E-state index in [-0.39, 0.29) is 12.5 Å². The predicted octanol–water partition coefficient (Wildman–Crippen LogP) is 4.73. The van der Waals surface area contributed by atoms with E-state index < -0.39 is 0 Å². The summed E-state index contributed by atoms with van der Waals surface area (Å²) < 4.78 is 5.70. The van der Waals surface area contributed by atoms with E-state index in [2.05, 4.69) is 6.07 Å². The summed E-state index contributed by atoms with van der Waals surface area (Å²) in [7, 11) is 0. The minimum absolute atomic E-state index is 0.0451. The second kappa shape index (κ2) is 8.63. The van der Waals surface area contributed by atoms with Crippen LogP contribution in [0.2, 0.25) is 5.02 Å². The normalized spacial score (nSPS) is 17.8. The number of benzene rings is 2. The number of halogens is 1. The number of hydrogen-bond donors (Lipinski definition) is 0. The lowest BCUT2D eigenvalue weighted by atomic mass is 10.1. The number of carbonyl (C=O) groups excluding carboxylic acids is 1. The Kier molecular flexibility index (Phi) is 6.27. The Morgan fingerprint density at radius 1 is 1.20 bits per heavy atom. The van der Waals surface area contributed by atoms with Crippen LogP contribution in [0.4, 0.5) is 0 Å². The molecule has 2 aromatic carbocycles. The number of ether oxygens (including phenoxy) is 1. The molecule has 0 spiro atoms. The standard InChI is InChI=1S/C20H22ClNO2S/c1-15-6-2-5-9-18(15)24-14-20(23)22-11-10-19(25-13-12-22)16-7-3-4-8-17(16)21/h2-9,19H,10-14H2,1H3. The third-order valence-corrected chi connectivity index (χ3v) is 6.05. The molecule has 1 unspecified atom stereocenters. The van der Waals surface area contributed by atoms with Crippen molar-refractivity contribution < 1.29 is 9.53 Å². The highest BCUT2D eigenvalue weighted by atomic mass is 35.5. The minimum Gasteiger partial charge on any atom is -0.484 e. The predicted molar refractivity (Wildman–Crippen MR) is 105 cm³/mol. The summed E-state index contributed by atoms with van der Waals surface area (Å²) in [6, 6.07) is 15.7. The van der Waals surface area contributed by atoms with Gasteiger partial charge < -0.3 is 9.64 Å². The van der Waals surface area contributed by atoms with Gasteiger partial charge in [0.25, 0.3) is 5.91 Å². The molecule has 0 saturated carbocycles. The van der Waals surface area contributed by atoms with Crippen LogP contribution in [0.5, 0.6) is 5.75 Å². The lowest BCUT2D eigenvalue weighted by Gasteiger charge is -2.21. The van der Waals surface area contributed by atoms with Crippen LogP contribution >= 0.6 is 23.4 Å². The van der Waals surface area contributed by atoms with Gasteiger partial charge in [-0.05, 0) is 36.6 Å². The van der Waals surface area contributed by atoms with Crippen LogP contribution in [0.1, 0.15) is 22.8 Å². The highest BCUT2D eigenvalue weighted by Gasteiger charge is 2.23. The zero-order valence-corrected chi connectivity index (χ0v) is 15.9. The summed E-state index contributed by atoms with van der Waals surface area (Å²) in [5.74, 6) is 1.73. The molecule has 1 aliphatic heterocycles. The Morgan fingerprint density at radius 2 is 1.96 bits per heavy atom. The molecule has 3 nitrogen and oxygen atoms in total. The lowest BCUT2D eigenvalue weighted by molar-refractivity contribution is -0.133. The number of hydrogen-bond acceptors (Lipinski definition) is 3. The monoisotopic (exact) mass is 375 g/mol. The number of carbonyl (C=O) groups is 1. The topological polar surface area (TPSA) is 29.5 Å². The quantitative estimate of drug-likeness (QED) is 0.773. The average molecular weight is 376 g/mol. The van der Waals surface area contributed by atoms with Crippen molar-refractivity contribution in [1.82, 2.24) is 4.90 Å². The van der Waals surface area contributed by atoms with E-state index in [1.807, 2.05) is 66.1 Å². The van der Waals surface area contributed by atoms with Gasteiger partial charge in [-0.15, -0.1) is 0 Å². The van der Waals surface area contributed by atoms with E-state index in [0.717, 1.165) is 41.6 Å². The van der Waals surface area contributed by atoms with Crippen molar-refractivity contribution >= 4 is 29.3 Å². The molecular weight excluding hydrogens is 354 g/mol. The van der Waals surface area contributed by atoms with E-state index in [1.54, 1.807) is 0 Å². The number of aryl methyl sites for hydroxylation is 1. The Bertz CT molecular complexity index is 737. The minimum atomic E-state index is 0.0451. The molecule has 1 saturated heterocycles.